The van der Waals surface area contributed by atoms with Gasteiger partial charge < -0.3 is 5.11 Å². The zero-order valence-corrected chi connectivity index (χ0v) is 11.0. The summed E-state index contributed by atoms with van der Waals surface area (Å²) in [5.74, 6) is 0.856. The second kappa shape index (κ2) is 3.46. The van der Waals surface area contributed by atoms with Crippen molar-refractivity contribution >= 4 is 0 Å². The van der Waals surface area contributed by atoms with Crippen molar-refractivity contribution in [3.05, 3.63) is 23.8 Å². The molecule has 90 valence electrons. The van der Waals surface area contributed by atoms with Crippen LogP contribution in [0.3, 0.4) is 0 Å². The van der Waals surface area contributed by atoms with Crippen molar-refractivity contribution < 1.29 is 5.11 Å². The number of hydrogen-bond donors (Lipinski definition) is 1. The summed E-state index contributed by atoms with van der Waals surface area (Å²) < 4.78 is 0. The topological polar surface area (TPSA) is 20.2 Å². The average molecular weight is 220 g/mol. The molecule has 0 aromatic heterocycles. The minimum Gasteiger partial charge on any atom is -0.390 e. The highest BCUT2D eigenvalue weighted by Gasteiger charge is 2.52. The van der Waals surface area contributed by atoms with Gasteiger partial charge in [0.05, 0.1) is 5.60 Å². The predicted molar refractivity (Wildman–Crippen MR) is 68.1 cm³/mol. The van der Waals surface area contributed by atoms with Crippen LogP contribution in [0.5, 0.6) is 0 Å². The number of allylic oxidation sites excluding steroid dienone is 2. The smallest absolute Gasteiger partial charge is 0.0687 e. The Morgan fingerprint density at radius 3 is 2.69 bits per heavy atom. The lowest BCUT2D eigenvalue weighted by atomic mass is 9.51. The molecule has 1 heteroatoms. The predicted octanol–water partition coefficient (Wildman–Crippen LogP) is 3.70. The van der Waals surface area contributed by atoms with Crippen LogP contribution in [-0.2, 0) is 0 Å². The summed E-state index contributed by atoms with van der Waals surface area (Å²) in [4.78, 5) is 0. The van der Waals surface area contributed by atoms with Gasteiger partial charge in [0.15, 0.2) is 0 Å². The standard InChI is InChI=1S/C15H24O/c1-10(2)15-7-6-11(3)13(9-15)14(5,16)8-12(15)4/h6,12-13,16H,1,7-9H2,2-5H3/t12-,13?,14-,15-/m1/s1. The Bertz CT molecular complexity index is 350. The quantitative estimate of drug-likeness (QED) is 0.668. The van der Waals surface area contributed by atoms with Crippen LogP contribution < -0.4 is 0 Å². The molecule has 2 rings (SSSR count). The van der Waals surface area contributed by atoms with Gasteiger partial charge in [-0.25, -0.2) is 0 Å². The van der Waals surface area contributed by atoms with Crippen LogP contribution in [0.2, 0.25) is 0 Å². The Morgan fingerprint density at radius 2 is 2.12 bits per heavy atom. The monoisotopic (exact) mass is 220 g/mol. The van der Waals surface area contributed by atoms with Crippen molar-refractivity contribution in [2.75, 3.05) is 0 Å². The normalized spacial score (nSPS) is 47.4. The van der Waals surface area contributed by atoms with Gasteiger partial charge in [0.1, 0.15) is 0 Å². The van der Waals surface area contributed by atoms with Gasteiger partial charge in [0.2, 0.25) is 0 Å². The molecule has 1 nitrogen and oxygen atoms in total. The van der Waals surface area contributed by atoms with E-state index in [-0.39, 0.29) is 5.41 Å². The number of rotatable bonds is 1. The third-order valence-corrected chi connectivity index (χ3v) is 5.17. The van der Waals surface area contributed by atoms with Crippen LogP contribution in [0.1, 0.15) is 47.0 Å². The molecule has 0 saturated heterocycles. The molecule has 2 bridgehead atoms. The second-order valence-electron chi connectivity index (χ2n) is 6.31. The van der Waals surface area contributed by atoms with E-state index >= 15 is 0 Å². The molecule has 0 amide bonds. The summed E-state index contributed by atoms with van der Waals surface area (Å²) in [6, 6.07) is 0. The van der Waals surface area contributed by atoms with E-state index in [9.17, 15) is 5.11 Å². The van der Waals surface area contributed by atoms with Gasteiger partial charge in [0, 0.05) is 5.92 Å². The van der Waals surface area contributed by atoms with Gasteiger partial charge >= 0.3 is 0 Å². The van der Waals surface area contributed by atoms with Gasteiger partial charge in [-0.05, 0) is 51.4 Å². The summed E-state index contributed by atoms with van der Waals surface area (Å²) in [6.07, 6.45) is 5.42. The zero-order valence-electron chi connectivity index (χ0n) is 11.0. The molecule has 0 aliphatic heterocycles. The summed E-state index contributed by atoms with van der Waals surface area (Å²) in [5, 5.41) is 10.6. The lowest BCUT2D eigenvalue weighted by molar-refractivity contribution is -0.0805. The molecule has 1 saturated carbocycles. The molecule has 1 N–H and O–H groups in total. The van der Waals surface area contributed by atoms with Crippen molar-refractivity contribution in [2.45, 2.75) is 52.6 Å². The first kappa shape index (κ1) is 11.9. The van der Waals surface area contributed by atoms with Gasteiger partial charge in [0.25, 0.3) is 0 Å². The van der Waals surface area contributed by atoms with Crippen molar-refractivity contribution in [1.82, 2.24) is 0 Å². The number of hydrogen-bond acceptors (Lipinski definition) is 1. The van der Waals surface area contributed by atoms with E-state index in [4.69, 9.17) is 0 Å². The van der Waals surface area contributed by atoms with Gasteiger partial charge in [-0.2, -0.15) is 0 Å². The fraction of sp³-hybridized carbons (Fsp3) is 0.733. The average Bonchev–Trinajstić information content (AvgIpc) is 2.15. The van der Waals surface area contributed by atoms with E-state index < -0.39 is 5.60 Å². The van der Waals surface area contributed by atoms with E-state index in [1.54, 1.807) is 0 Å². The molecule has 1 unspecified atom stereocenters. The van der Waals surface area contributed by atoms with Crippen LogP contribution in [0, 0.1) is 17.3 Å². The van der Waals surface area contributed by atoms with Gasteiger partial charge in [-0.15, -0.1) is 0 Å². The van der Waals surface area contributed by atoms with E-state index in [0.717, 1.165) is 19.3 Å². The maximum Gasteiger partial charge on any atom is 0.0687 e. The Kier molecular flexibility index (Phi) is 2.58. The fourth-order valence-corrected chi connectivity index (χ4v) is 3.93. The highest BCUT2D eigenvalue weighted by Crippen LogP contribution is 2.57. The van der Waals surface area contributed by atoms with Crippen LogP contribution in [0.4, 0.5) is 0 Å². The van der Waals surface area contributed by atoms with Crippen LogP contribution in [0.15, 0.2) is 23.8 Å². The minimum atomic E-state index is -0.528. The summed E-state index contributed by atoms with van der Waals surface area (Å²) in [6.45, 7) is 12.8. The Balaban J connectivity index is 2.45. The second-order valence-corrected chi connectivity index (χ2v) is 6.31. The maximum absolute atomic E-state index is 10.6. The molecule has 0 aromatic rings. The lowest BCUT2D eigenvalue weighted by Gasteiger charge is -2.55. The molecule has 0 aromatic carbocycles. The molecule has 0 spiro atoms. The van der Waals surface area contributed by atoms with E-state index in [1.807, 2.05) is 6.92 Å². The van der Waals surface area contributed by atoms with Crippen LogP contribution in [-0.4, -0.2) is 10.7 Å². The van der Waals surface area contributed by atoms with Crippen molar-refractivity contribution in [2.24, 2.45) is 17.3 Å². The van der Waals surface area contributed by atoms with E-state index in [0.29, 0.717) is 11.8 Å². The summed E-state index contributed by atoms with van der Waals surface area (Å²) in [7, 11) is 0. The van der Waals surface area contributed by atoms with Crippen molar-refractivity contribution in [3.63, 3.8) is 0 Å². The third kappa shape index (κ3) is 1.48. The van der Waals surface area contributed by atoms with Crippen LogP contribution >= 0.6 is 0 Å². The van der Waals surface area contributed by atoms with Crippen molar-refractivity contribution in [1.29, 1.82) is 0 Å². The van der Waals surface area contributed by atoms with Gasteiger partial charge in [-0.1, -0.05) is 30.7 Å². The van der Waals surface area contributed by atoms with E-state index in [1.165, 1.54) is 11.1 Å². The largest absolute Gasteiger partial charge is 0.390 e. The molecular weight excluding hydrogens is 196 g/mol. The maximum atomic E-state index is 10.6. The van der Waals surface area contributed by atoms with Crippen LogP contribution in [0.25, 0.3) is 0 Å². The van der Waals surface area contributed by atoms with E-state index in [2.05, 4.69) is 33.4 Å². The Labute approximate surface area is 99.3 Å². The molecule has 0 heterocycles. The summed E-state index contributed by atoms with van der Waals surface area (Å²) in [5.41, 5.74) is 2.38. The van der Waals surface area contributed by atoms with Gasteiger partial charge in [-0.3, -0.25) is 0 Å². The fourth-order valence-electron chi connectivity index (χ4n) is 3.93. The first-order valence-electron chi connectivity index (χ1n) is 6.34. The van der Waals surface area contributed by atoms with Crippen molar-refractivity contribution in [3.8, 4) is 0 Å². The zero-order chi connectivity index (χ0) is 12.1. The molecule has 16 heavy (non-hydrogen) atoms. The molecular formula is C15H24O. The third-order valence-electron chi connectivity index (χ3n) is 5.17. The first-order chi connectivity index (χ1) is 7.29. The first-order valence-corrected chi connectivity index (χ1v) is 6.34. The molecule has 2 aliphatic rings. The Hall–Kier alpha value is -0.560. The molecule has 2 aliphatic carbocycles. The number of aliphatic hydroxyl groups is 1. The SMILES string of the molecule is C=C(C)[C@@]12CC=C(C)C(C1)[C@](C)(O)C[C@H]2C. The lowest BCUT2D eigenvalue weighted by Crippen LogP contribution is -2.51. The Morgan fingerprint density at radius 1 is 1.50 bits per heavy atom. The summed E-state index contributed by atoms with van der Waals surface area (Å²) >= 11 is 0. The highest BCUT2D eigenvalue weighted by atomic mass is 16.3. The molecule has 0 radical (unpaired) electrons. The highest BCUT2D eigenvalue weighted by molar-refractivity contribution is 5.26. The molecule has 1 fully saturated rings. The number of fused-ring (bicyclic) bond motifs is 2. The minimum absolute atomic E-state index is 0.242. The molecule has 4 atom stereocenters.